The Kier molecular flexibility index (Phi) is 3.82. The number of piperazine rings is 1. The van der Waals surface area contributed by atoms with E-state index < -0.39 is 6.09 Å². The molecule has 2 saturated heterocycles. The second-order valence-corrected chi connectivity index (χ2v) is 6.23. The van der Waals surface area contributed by atoms with Gasteiger partial charge in [0.25, 0.3) is 0 Å². The van der Waals surface area contributed by atoms with Crippen LogP contribution < -0.4 is 0 Å². The number of hydrogen-bond donors (Lipinski definition) is 1. The second-order valence-electron chi connectivity index (χ2n) is 6.23. The molecule has 5 heteroatoms. The molecule has 0 radical (unpaired) electrons. The van der Waals surface area contributed by atoms with E-state index in [9.17, 15) is 9.90 Å². The minimum absolute atomic E-state index is 0.238. The van der Waals surface area contributed by atoms with Crippen molar-refractivity contribution in [2.75, 3.05) is 39.8 Å². The van der Waals surface area contributed by atoms with Gasteiger partial charge in [0.2, 0.25) is 0 Å². The van der Waals surface area contributed by atoms with E-state index in [0.717, 1.165) is 39.0 Å². The maximum atomic E-state index is 11.2. The third-order valence-corrected chi connectivity index (χ3v) is 4.44. The monoisotopic (exact) mass is 255 g/mol. The van der Waals surface area contributed by atoms with Crippen LogP contribution in [-0.4, -0.2) is 77.3 Å². The van der Waals surface area contributed by atoms with Crippen molar-refractivity contribution in [1.29, 1.82) is 0 Å². The van der Waals surface area contributed by atoms with Gasteiger partial charge in [-0.3, -0.25) is 4.90 Å². The van der Waals surface area contributed by atoms with Crippen molar-refractivity contribution in [1.82, 2.24) is 14.7 Å². The number of likely N-dealkylation sites (N-methyl/N-ethyl adjacent to an activating group) is 1. The quantitative estimate of drug-likeness (QED) is 0.763. The molecule has 0 aromatic heterocycles. The summed E-state index contributed by atoms with van der Waals surface area (Å²) in [6, 6.07) is 0.546. The van der Waals surface area contributed by atoms with Crippen molar-refractivity contribution in [3.8, 4) is 0 Å². The molecule has 0 aromatic carbocycles. The zero-order valence-corrected chi connectivity index (χ0v) is 11.7. The fourth-order valence-corrected chi connectivity index (χ4v) is 3.22. The SMILES string of the molecule is CN1CCN(C2CCN(C(=O)O)C(C)(C)C2)CC1. The number of rotatable bonds is 1. The maximum absolute atomic E-state index is 11.2. The van der Waals surface area contributed by atoms with E-state index in [2.05, 4.69) is 16.8 Å². The molecule has 0 aromatic rings. The summed E-state index contributed by atoms with van der Waals surface area (Å²) in [7, 11) is 2.16. The van der Waals surface area contributed by atoms with Crippen molar-refractivity contribution in [2.45, 2.75) is 38.3 Å². The number of nitrogens with zero attached hydrogens (tertiary/aromatic N) is 3. The van der Waals surface area contributed by atoms with Crippen molar-refractivity contribution < 1.29 is 9.90 Å². The first-order chi connectivity index (χ1) is 8.40. The fourth-order valence-electron chi connectivity index (χ4n) is 3.22. The molecule has 1 unspecified atom stereocenters. The first kappa shape index (κ1) is 13.6. The number of likely N-dealkylation sites (tertiary alicyclic amines) is 1. The molecule has 1 atom stereocenters. The van der Waals surface area contributed by atoms with Gasteiger partial charge in [-0.25, -0.2) is 4.79 Å². The fraction of sp³-hybridized carbons (Fsp3) is 0.923. The van der Waals surface area contributed by atoms with Crippen molar-refractivity contribution in [2.24, 2.45) is 0 Å². The van der Waals surface area contributed by atoms with E-state index in [1.54, 1.807) is 4.90 Å². The molecule has 0 saturated carbocycles. The van der Waals surface area contributed by atoms with E-state index in [0.29, 0.717) is 12.6 Å². The average Bonchev–Trinajstić information content (AvgIpc) is 2.28. The van der Waals surface area contributed by atoms with E-state index in [4.69, 9.17) is 0 Å². The Labute approximate surface area is 109 Å². The van der Waals surface area contributed by atoms with E-state index in [-0.39, 0.29) is 5.54 Å². The Balaban J connectivity index is 1.96. The van der Waals surface area contributed by atoms with Crippen LogP contribution in [0.15, 0.2) is 0 Å². The maximum Gasteiger partial charge on any atom is 0.407 e. The molecule has 0 aliphatic carbocycles. The Hall–Kier alpha value is -0.810. The second kappa shape index (κ2) is 5.05. The van der Waals surface area contributed by atoms with Crippen LogP contribution in [0.2, 0.25) is 0 Å². The standard InChI is InChI=1S/C13H25N3O2/c1-13(2)10-11(4-5-16(13)12(17)18)15-8-6-14(3)7-9-15/h11H,4-10H2,1-3H3,(H,17,18). The molecule has 0 spiro atoms. The molecular weight excluding hydrogens is 230 g/mol. The van der Waals surface area contributed by atoms with Gasteiger partial charge in [-0.1, -0.05) is 0 Å². The summed E-state index contributed by atoms with van der Waals surface area (Å²) in [5.41, 5.74) is -0.238. The molecule has 2 fully saturated rings. The van der Waals surface area contributed by atoms with E-state index in [1.807, 2.05) is 13.8 Å². The zero-order valence-electron chi connectivity index (χ0n) is 11.7. The highest BCUT2D eigenvalue weighted by molar-refractivity contribution is 5.66. The van der Waals surface area contributed by atoms with Crippen molar-refractivity contribution >= 4 is 6.09 Å². The lowest BCUT2D eigenvalue weighted by atomic mass is 9.86. The van der Waals surface area contributed by atoms with E-state index >= 15 is 0 Å². The minimum atomic E-state index is -0.781. The Morgan fingerprint density at radius 1 is 1.17 bits per heavy atom. The highest BCUT2D eigenvalue weighted by Gasteiger charge is 2.39. The Bertz CT molecular complexity index is 311. The number of hydrogen-bond acceptors (Lipinski definition) is 3. The lowest BCUT2D eigenvalue weighted by molar-refractivity contribution is 0.0102. The van der Waals surface area contributed by atoms with Gasteiger partial charge in [-0.2, -0.15) is 0 Å². The molecule has 2 aliphatic heterocycles. The summed E-state index contributed by atoms with van der Waals surface area (Å²) in [5.74, 6) is 0. The minimum Gasteiger partial charge on any atom is -0.465 e. The summed E-state index contributed by atoms with van der Waals surface area (Å²) >= 11 is 0. The first-order valence-electron chi connectivity index (χ1n) is 6.83. The van der Waals surface area contributed by atoms with Gasteiger partial charge >= 0.3 is 6.09 Å². The Morgan fingerprint density at radius 2 is 1.78 bits per heavy atom. The third-order valence-electron chi connectivity index (χ3n) is 4.44. The van der Waals surface area contributed by atoms with Crippen LogP contribution in [0.4, 0.5) is 4.79 Å². The molecule has 104 valence electrons. The van der Waals surface area contributed by atoms with Gasteiger partial charge in [0.05, 0.1) is 0 Å². The number of piperidine rings is 1. The lowest BCUT2D eigenvalue weighted by Gasteiger charge is -2.48. The topological polar surface area (TPSA) is 47.0 Å². The molecular formula is C13H25N3O2. The zero-order chi connectivity index (χ0) is 13.3. The largest absolute Gasteiger partial charge is 0.465 e. The molecule has 18 heavy (non-hydrogen) atoms. The number of carbonyl (C=O) groups is 1. The molecule has 2 aliphatic rings. The first-order valence-corrected chi connectivity index (χ1v) is 6.83. The van der Waals surface area contributed by atoms with Crippen LogP contribution in [0.5, 0.6) is 0 Å². The van der Waals surface area contributed by atoms with Gasteiger partial charge in [0, 0.05) is 44.3 Å². The van der Waals surface area contributed by atoms with Crippen LogP contribution in [0.3, 0.4) is 0 Å². The van der Waals surface area contributed by atoms with Gasteiger partial charge in [0.1, 0.15) is 0 Å². The van der Waals surface area contributed by atoms with Gasteiger partial charge < -0.3 is 14.9 Å². The van der Waals surface area contributed by atoms with Crippen LogP contribution >= 0.6 is 0 Å². The van der Waals surface area contributed by atoms with Crippen LogP contribution in [0.1, 0.15) is 26.7 Å². The van der Waals surface area contributed by atoms with Gasteiger partial charge in [0.15, 0.2) is 0 Å². The van der Waals surface area contributed by atoms with Crippen molar-refractivity contribution in [3.63, 3.8) is 0 Å². The molecule has 2 heterocycles. The highest BCUT2D eigenvalue weighted by Crippen LogP contribution is 2.30. The third kappa shape index (κ3) is 2.78. The summed E-state index contributed by atoms with van der Waals surface area (Å²) in [6.45, 7) is 9.24. The summed E-state index contributed by atoms with van der Waals surface area (Å²) in [4.78, 5) is 17.7. The van der Waals surface area contributed by atoms with Crippen molar-refractivity contribution in [3.05, 3.63) is 0 Å². The van der Waals surface area contributed by atoms with Gasteiger partial charge in [-0.15, -0.1) is 0 Å². The summed E-state index contributed by atoms with van der Waals surface area (Å²) in [6.07, 6.45) is 1.14. The molecule has 1 N–H and O–H groups in total. The normalized spacial score (nSPS) is 30.4. The average molecular weight is 255 g/mol. The van der Waals surface area contributed by atoms with Gasteiger partial charge in [-0.05, 0) is 33.7 Å². The summed E-state index contributed by atoms with van der Waals surface area (Å²) in [5, 5.41) is 9.21. The molecule has 2 rings (SSSR count). The smallest absolute Gasteiger partial charge is 0.407 e. The number of amides is 1. The predicted molar refractivity (Wildman–Crippen MR) is 70.9 cm³/mol. The molecule has 5 nitrogen and oxygen atoms in total. The van der Waals surface area contributed by atoms with E-state index in [1.165, 1.54) is 0 Å². The number of carboxylic acid groups (broad SMARTS) is 1. The van der Waals surface area contributed by atoms with Crippen LogP contribution in [0.25, 0.3) is 0 Å². The highest BCUT2D eigenvalue weighted by atomic mass is 16.4. The van der Waals surface area contributed by atoms with Crippen LogP contribution in [-0.2, 0) is 0 Å². The molecule has 0 bridgehead atoms. The molecule has 1 amide bonds. The summed E-state index contributed by atoms with van der Waals surface area (Å²) < 4.78 is 0. The lowest BCUT2D eigenvalue weighted by Crippen LogP contribution is -2.59. The predicted octanol–water partition coefficient (Wildman–Crippen LogP) is 1.15. The Morgan fingerprint density at radius 3 is 2.28 bits per heavy atom. The van der Waals surface area contributed by atoms with Crippen LogP contribution in [0, 0.1) is 0 Å².